The Morgan fingerprint density at radius 2 is 2.00 bits per heavy atom. The van der Waals surface area contributed by atoms with Crippen LogP contribution in [0, 0.1) is 5.92 Å². The SMILES string of the molecule is CC1=CCC(P)N1C(C)C(C)C(C)NC1C=CC=CC1. The Labute approximate surface area is 126 Å². The van der Waals surface area contributed by atoms with Crippen LogP contribution in [0.4, 0.5) is 0 Å². The molecular weight excluding hydrogens is 263 g/mol. The van der Waals surface area contributed by atoms with E-state index in [1.807, 2.05) is 0 Å². The molecule has 0 saturated heterocycles. The first kappa shape index (κ1) is 15.8. The summed E-state index contributed by atoms with van der Waals surface area (Å²) in [7, 11) is 2.98. The summed E-state index contributed by atoms with van der Waals surface area (Å²) in [6.45, 7) is 9.28. The zero-order valence-electron chi connectivity index (χ0n) is 13.2. The van der Waals surface area contributed by atoms with Crippen molar-refractivity contribution in [3.8, 4) is 0 Å². The minimum absolute atomic E-state index is 0.492. The predicted molar refractivity (Wildman–Crippen MR) is 91.6 cm³/mol. The molecule has 0 amide bonds. The van der Waals surface area contributed by atoms with Gasteiger partial charge in [0.05, 0.1) is 0 Å². The summed E-state index contributed by atoms with van der Waals surface area (Å²) >= 11 is 0. The van der Waals surface area contributed by atoms with E-state index in [4.69, 9.17) is 0 Å². The van der Waals surface area contributed by atoms with Crippen LogP contribution in [-0.2, 0) is 0 Å². The second-order valence-corrected chi connectivity index (χ2v) is 7.04. The van der Waals surface area contributed by atoms with E-state index in [-0.39, 0.29) is 0 Å². The maximum absolute atomic E-state index is 3.76. The fourth-order valence-electron chi connectivity index (χ4n) is 3.26. The second-order valence-electron chi connectivity index (χ2n) is 6.27. The summed E-state index contributed by atoms with van der Waals surface area (Å²) in [5.41, 5.74) is 1.43. The molecule has 6 unspecified atom stereocenters. The standard InChI is InChI=1S/C17H29N2P/c1-12-10-11-17(20)19(12)15(4)13(2)14(3)18-16-8-6-5-7-9-16/h5-8,10,13-18H,9,11,20H2,1-4H3. The van der Waals surface area contributed by atoms with E-state index in [0.29, 0.717) is 29.8 Å². The zero-order chi connectivity index (χ0) is 14.7. The number of hydrogen-bond donors (Lipinski definition) is 1. The predicted octanol–water partition coefficient (Wildman–Crippen LogP) is 3.68. The molecule has 20 heavy (non-hydrogen) atoms. The maximum atomic E-state index is 3.76. The van der Waals surface area contributed by atoms with Gasteiger partial charge in [0, 0.05) is 29.6 Å². The molecule has 0 bridgehead atoms. The van der Waals surface area contributed by atoms with Gasteiger partial charge in [-0.1, -0.05) is 37.3 Å². The first-order chi connectivity index (χ1) is 9.50. The Bertz CT molecular complexity index is 413. The fraction of sp³-hybridized carbons (Fsp3) is 0.647. The molecule has 0 fully saturated rings. The lowest BCUT2D eigenvalue weighted by Crippen LogP contribution is -2.48. The van der Waals surface area contributed by atoms with Crippen molar-refractivity contribution in [1.29, 1.82) is 0 Å². The number of hydrogen-bond acceptors (Lipinski definition) is 2. The minimum Gasteiger partial charge on any atom is -0.366 e. The molecule has 1 aliphatic carbocycles. The third-order valence-corrected chi connectivity index (χ3v) is 5.46. The van der Waals surface area contributed by atoms with Crippen molar-refractivity contribution in [3.05, 3.63) is 36.1 Å². The van der Waals surface area contributed by atoms with Crippen LogP contribution in [0.3, 0.4) is 0 Å². The molecule has 3 heteroatoms. The van der Waals surface area contributed by atoms with Crippen LogP contribution in [0.1, 0.15) is 40.5 Å². The quantitative estimate of drug-likeness (QED) is 0.778. The van der Waals surface area contributed by atoms with Crippen molar-refractivity contribution >= 4 is 9.24 Å². The smallest absolute Gasteiger partial charge is 0.0465 e. The van der Waals surface area contributed by atoms with Crippen LogP contribution in [-0.4, -0.2) is 28.8 Å². The lowest BCUT2D eigenvalue weighted by atomic mass is 9.93. The van der Waals surface area contributed by atoms with Crippen molar-refractivity contribution < 1.29 is 0 Å². The third kappa shape index (κ3) is 3.54. The normalized spacial score (nSPS) is 30.2. The van der Waals surface area contributed by atoms with Gasteiger partial charge in [0.2, 0.25) is 0 Å². The van der Waals surface area contributed by atoms with E-state index in [2.05, 4.69) is 77.5 Å². The van der Waals surface area contributed by atoms with Crippen molar-refractivity contribution in [2.24, 2.45) is 5.92 Å². The average Bonchev–Trinajstić information content (AvgIpc) is 2.77. The lowest BCUT2D eigenvalue weighted by Gasteiger charge is -2.39. The number of rotatable bonds is 5. The highest BCUT2D eigenvalue weighted by Gasteiger charge is 2.30. The highest BCUT2D eigenvalue weighted by Crippen LogP contribution is 2.31. The van der Waals surface area contributed by atoms with Crippen LogP contribution in [0.15, 0.2) is 36.1 Å². The molecule has 2 rings (SSSR count). The molecule has 6 atom stereocenters. The van der Waals surface area contributed by atoms with E-state index in [9.17, 15) is 0 Å². The number of nitrogens with one attached hydrogen (secondary N) is 1. The Morgan fingerprint density at radius 3 is 2.55 bits per heavy atom. The highest BCUT2D eigenvalue weighted by molar-refractivity contribution is 7.17. The molecule has 2 nitrogen and oxygen atoms in total. The Kier molecular flexibility index (Phi) is 5.46. The molecule has 0 aromatic rings. The first-order valence-corrected chi connectivity index (χ1v) is 8.47. The van der Waals surface area contributed by atoms with E-state index >= 15 is 0 Å². The van der Waals surface area contributed by atoms with Crippen LogP contribution >= 0.6 is 9.24 Å². The molecule has 1 N–H and O–H groups in total. The van der Waals surface area contributed by atoms with Gasteiger partial charge in [0.15, 0.2) is 0 Å². The molecule has 0 aromatic carbocycles. The van der Waals surface area contributed by atoms with Gasteiger partial charge in [0.25, 0.3) is 0 Å². The maximum Gasteiger partial charge on any atom is 0.0465 e. The van der Waals surface area contributed by atoms with Crippen molar-refractivity contribution in [2.45, 2.75) is 64.4 Å². The average molecular weight is 292 g/mol. The van der Waals surface area contributed by atoms with Gasteiger partial charge in [0.1, 0.15) is 0 Å². The number of allylic oxidation sites excluding steroid dienone is 3. The number of nitrogens with zero attached hydrogens (tertiary/aromatic N) is 1. The van der Waals surface area contributed by atoms with Crippen LogP contribution in [0.25, 0.3) is 0 Å². The summed E-state index contributed by atoms with van der Waals surface area (Å²) < 4.78 is 0. The Morgan fingerprint density at radius 1 is 1.25 bits per heavy atom. The van der Waals surface area contributed by atoms with E-state index < -0.39 is 0 Å². The monoisotopic (exact) mass is 292 g/mol. The topological polar surface area (TPSA) is 15.3 Å². The van der Waals surface area contributed by atoms with Crippen molar-refractivity contribution in [2.75, 3.05) is 0 Å². The van der Waals surface area contributed by atoms with E-state index in [0.717, 1.165) is 12.8 Å². The van der Waals surface area contributed by atoms with Crippen molar-refractivity contribution in [3.63, 3.8) is 0 Å². The Balaban J connectivity index is 1.92. The molecule has 0 radical (unpaired) electrons. The summed E-state index contributed by atoms with van der Waals surface area (Å²) in [5, 5.41) is 3.76. The molecular formula is C17H29N2P. The summed E-state index contributed by atoms with van der Waals surface area (Å²) in [6.07, 6.45) is 13.4. The summed E-state index contributed by atoms with van der Waals surface area (Å²) in [5.74, 6) is 1.18. The molecule has 0 saturated carbocycles. The molecule has 1 heterocycles. The van der Waals surface area contributed by atoms with Gasteiger partial charge in [-0.3, -0.25) is 0 Å². The summed E-state index contributed by atoms with van der Waals surface area (Å²) in [4.78, 5) is 2.56. The highest BCUT2D eigenvalue weighted by atomic mass is 31.0. The van der Waals surface area contributed by atoms with E-state index in [1.54, 1.807) is 0 Å². The van der Waals surface area contributed by atoms with Crippen LogP contribution in [0.5, 0.6) is 0 Å². The largest absolute Gasteiger partial charge is 0.366 e. The van der Waals surface area contributed by atoms with E-state index in [1.165, 1.54) is 5.70 Å². The Hall–Kier alpha value is -0.590. The van der Waals surface area contributed by atoms with Crippen LogP contribution in [0.2, 0.25) is 0 Å². The van der Waals surface area contributed by atoms with Gasteiger partial charge < -0.3 is 10.2 Å². The van der Waals surface area contributed by atoms with Crippen LogP contribution < -0.4 is 5.32 Å². The van der Waals surface area contributed by atoms with Gasteiger partial charge in [-0.25, -0.2) is 0 Å². The second kappa shape index (κ2) is 6.91. The van der Waals surface area contributed by atoms with Gasteiger partial charge >= 0.3 is 0 Å². The van der Waals surface area contributed by atoms with Gasteiger partial charge in [-0.15, -0.1) is 9.24 Å². The lowest BCUT2D eigenvalue weighted by molar-refractivity contribution is 0.178. The van der Waals surface area contributed by atoms with Crippen molar-refractivity contribution in [1.82, 2.24) is 10.2 Å². The first-order valence-electron chi connectivity index (χ1n) is 7.80. The summed E-state index contributed by atoms with van der Waals surface area (Å²) in [6, 6.07) is 1.56. The molecule has 1 aliphatic heterocycles. The molecule has 0 aromatic heterocycles. The fourth-order valence-corrected chi connectivity index (χ4v) is 3.90. The molecule has 2 aliphatic rings. The molecule has 0 spiro atoms. The third-order valence-electron chi connectivity index (χ3n) is 4.87. The van der Waals surface area contributed by atoms with Gasteiger partial charge in [-0.2, -0.15) is 0 Å². The minimum atomic E-state index is 0.492. The molecule has 112 valence electrons. The van der Waals surface area contributed by atoms with Gasteiger partial charge in [-0.05, 0) is 39.5 Å². The zero-order valence-corrected chi connectivity index (χ0v) is 14.4.